The van der Waals surface area contributed by atoms with Crippen LogP contribution in [0.2, 0.25) is 0 Å². The fourth-order valence-corrected chi connectivity index (χ4v) is 1.41. The van der Waals surface area contributed by atoms with Crippen molar-refractivity contribution >= 4 is 11.7 Å². The Bertz CT molecular complexity index is 480. The van der Waals surface area contributed by atoms with Crippen LogP contribution in [0.1, 0.15) is 11.5 Å². The first-order valence-electron chi connectivity index (χ1n) is 5.03. The molecule has 0 spiro atoms. The molecule has 0 aliphatic heterocycles. The summed E-state index contributed by atoms with van der Waals surface area (Å²) >= 11 is 0. The highest BCUT2D eigenvalue weighted by Gasteiger charge is 2.11. The van der Waals surface area contributed by atoms with Gasteiger partial charge in [-0.25, -0.2) is 0 Å². The Labute approximate surface area is 93.9 Å². The lowest BCUT2D eigenvalue weighted by molar-refractivity contribution is 0.500. The third-order valence-corrected chi connectivity index (χ3v) is 2.31. The van der Waals surface area contributed by atoms with Crippen molar-refractivity contribution in [3.8, 4) is 0 Å². The zero-order chi connectivity index (χ0) is 11.5. The summed E-state index contributed by atoms with van der Waals surface area (Å²) in [6, 6.07) is 8.51. The average Bonchev–Trinajstić information content (AvgIpc) is 2.76. The van der Waals surface area contributed by atoms with E-state index in [-0.39, 0.29) is 6.54 Å². The highest BCUT2D eigenvalue weighted by molar-refractivity contribution is 5.55. The Hall–Kier alpha value is -1.88. The zero-order valence-electron chi connectivity index (χ0n) is 9.34. The first-order chi connectivity index (χ1) is 7.70. The van der Waals surface area contributed by atoms with Gasteiger partial charge in [0.25, 0.3) is 0 Å². The van der Waals surface area contributed by atoms with E-state index in [0.29, 0.717) is 11.9 Å². The highest BCUT2D eigenvalue weighted by Crippen LogP contribution is 2.22. The van der Waals surface area contributed by atoms with E-state index in [1.165, 1.54) is 5.56 Å². The molecule has 0 aliphatic rings. The van der Waals surface area contributed by atoms with Gasteiger partial charge in [0.1, 0.15) is 0 Å². The monoisotopic (exact) mass is 218 g/mol. The van der Waals surface area contributed by atoms with E-state index in [0.717, 1.165) is 5.69 Å². The molecule has 5 nitrogen and oxygen atoms in total. The summed E-state index contributed by atoms with van der Waals surface area (Å²) in [6.45, 7) is 2.30. The molecule has 1 heterocycles. The molecule has 1 aromatic heterocycles. The first kappa shape index (κ1) is 10.6. The maximum absolute atomic E-state index is 5.41. The normalized spacial score (nSPS) is 10.4. The van der Waals surface area contributed by atoms with Crippen molar-refractivity contribution in [1.29, 1.82) is 0 Å². The molecule has 2 aromatic rings. The van der Waals surface area contributed by atoms with Gasteiger partial charge in [0.05, 0.1) is 6.54 Å². The van der Waals surface area contributed by atoms with Crippen molar-refractivity contribution < 1.29 is 4.42 Å². The predicted molar refractivity (Wildman–Crippen MR) is 61.4 cm³/mol. The molecule has 2 rings (SSSR count). The molecular weight excluding hydrogens is 204 g/mol. The van der Waals surface area contributed by atoms with E-state index < -0.39 is 0 Å². The second kappa shape index (κ2) is 4.32. The molecule has 16 heavy (non-hydrogen) atoms. The maximum Gasteiger partial charge on any atom is 0.322 e. The molecule has 0 bridgehead atoms. The van der Waals surface area contributed by atoms with Crippen LogP contribution >= 0.6 is 0 Å². The number of hydrogen-bond donors (Lipinski definition) is 1. The Morgan fingerprint density at radius 2 is 2.19 bits per heavy atom. The number of aromatic nitrogens is 2. The number of benzene rings is 1. The van der Waals surface area contributed by atoms with Crippen molar-refractivity contribution in [3.05, 3.63) is 35.7 Å². The van der Waals surface area contributed by atoms with Crippen LogP contribution in [0.15, 0.2) is 28.7 Å². The average molecular weight is 218 g/mol. The van der Waals surface area contributed by atoms with Crippen molar-refractivity contribution in [2.24, 2.45) is 5.73 Å². The summed E-state index contributed by atoms with van der Waals surface area (Å²) in [4.78, 5) is 1.83. The van der Waals surface area contributed by atoms with Crippen LogP contribution in [0.4, 0.5) is 11.7 Å². The fraction of sp³-hybridized carbons (Fsp3) is 0.273. The summed E-state index contributed by atoms with van der Waals surface area (Å²) in [7, 11) is 1.88. The molecular formula is C11H14N4O. The Kier molecular flexibility index (Phi) is 2.87. The summed E-state index contributed by atoms with van der Waals surface area (Å²) in [5.74, 6) is 0.439. The van der Waals surface area contributed by atoms with Crippen molar-refractivity contribution in [2.45, 2.75) is 13.5 Å². The van der Waals surface area contributed by atoms with Gasteiger partial charge in [0.2, 0.25) is 5.89 Å². The van der Waals surface area contributed by atoms with Crippen molar-refractivity contribution in [2.75, 3.05) is 11.9 Å². The van der Waals surface area contributed by atoms with Gasteiger partial charge in [-0.15, -0.1) is 5.10 Å². The molecule has 2 N–H and O–H groups in total. The molecule has 84 valence electrons. The van der Waals surface area contributed by atoms with Crippen LogP contribution < -0.4 is 10.6 Å². The largest absolute Gasteiger partial charge is 0.406 e. The van der Waals surface area contributed by atoms with Gasteiger partial charge in [-0.05, 0) is 24.6 Å². The summed E-state index contributed by atoms with van der Waals surface area (Å²) < 4.78 is 5.37. The molecule has 0 aliphatic carbocycles. The molecule has 5 heteroatoms. The van der Waals surface area contributed by atoms with E-state index in [1.807, 2.05) is 43.1 Å². The van der Waals surface area contributed by atoms with Gasteiger partial charge in [-0.3, -0.25) is 4.90 Å². The van der Waals surface area contributed by atoms with E-state index in [1.54, 1.807) is 0 Å². The van der Waals surface area contributed by atoms with E-state index in [4.69, 9.17) is 10.2 Å². The van der Waals surface area contributed by atoms with Gasteiger partial charge in [-0.1, -0.05) is 17.2 Å². The van der Waals surface area contributed by atoms with Crippen LogP contribution in [0, 0.1) is 6.92 Å². The van der Waals surface area contributed by atoms with Crippen molar-refractivity contribution in [1.82, 2.24) is 10.2 Å². The minimum absolute atomic E-state index is 0.259. The lowest BCUT2D eigenvalue weighted by Gasteiger charge is -2.14. The Morgan fingerprint density at radius 3 is 2.81 bits per heavy atom. The van der Waals surface area contributed by atoms with Gasteiger partial charge < -0.3 is 10.2 Å². The lowest BCUT2D eigenvalue weighted by Crippen LogP contribution is -2.09. The second-order valence-corrected chi connectivity index (χ2v) is 3.58. The SMILES string of the molecule is Cc1cccc(N(C)c2nnc(CN)o2)c1. The summed E-state index contributed by atoms with van der Waals surface area (Å²) in [5.41, 5.74) is 7.60. The van der Waals surface area contributed by atoms with E-state index >= 15 is 0 Å². The van der Waals surface area contributed by atoms with Gasteiger partial charge in [-0.2, -0.15) is 0 Å². The summed E-state index contributed by atoms with van der Waals surface area (Å²) in [6.07, 6.45) is 0. The second-order valence-electron chi connectivity index (χ2n) is 3.58. The lowest BCUT2D eigenvalue weighted by atomic mass is 10.2. The number of rotatable bonds is 3. The minimum atomic E-state index is 0.259. The molecule has 1 aromatic carbocycles. The molecule has 0 saturated carbocycles. The molecule has 0 radical (unpaired) electrons. The molecule has 0 amide bonds. The Morgan fingerprint density at radius 1 is 1.38 bits per heavy atom. The topological polar surface area (TPSA) is 68.2 Å². The quantitative estimate of drug-likeness (QED) is 0.847. The highest BCUT2D eigenvalue weighted by atomic mass is 16.4. The Balaban J connectivity index is 2.27. The minimum Gasteiger partial charge on any atom is -0.406 e. The number of anilines is 2. The maximum atomic E-state index is 5.41. The molecule has 0 unspecified atom stereocenters. The number of nitrogens with zero attached hydrogens (tertiary/aromatic N) is 3. The van der Waals surface area contributed by atoms with E-state index in [2.05, 4.69) is 10.2 Å². The third kappa shape index (κ3) is 2.04. The van der Waals surface area contributed by atoms with Crippen LogP contribution in [-0.4, -0.2) is 17.2 Å². The van der Waals surface area contributed by atoms with Crippen LogP contribution in [0.5, 0.6) is 0 Å². The standard InChI is InChI=1S/C11H14N4O/c1-8-4-3-5-9(6-8)15(2)11-14-13-10(7-12)16-11/h3-6H,7,12H2,1-2H3. The van der Waals surface area contributed by atoms with Gasteiger partial charge in [0.15, 0.2) is 0 Å². The zero-order valence-corrected chi connectivity index (χ0v) is 9.34. The summed E-state index contributed by atoms with van der Waals surface area (Å²) in [5, 5.41) is 7.74. The smallest absolute Gasteiger partial charge is 0.322 e. The number of nitrogens with two attached hydrogens (primary N) is 1. The molecule has 0 fully saturated rings. The molecule has 0 saturated heterocycles. The van der Waals surface area contributed by atoms with Crippen LogP contribution in [0.25, 0.3) is 0 Å². The first-order valence-corrected chi connectivity index (χ1v) is 5.03. The van der Waals surface area contributed by atoms with Crippen LogP contribution in [0.3, 0.4) is 0 Å². The predicted octanol–water partition coefficient (Wildman–Crippen LogP) is 1.60. The third-order valence-electron chi connectivity index (χ3n) is 2.31. The van der Waals surface area contributed by atoms with Gasteiger partial charge in [0, 0.05) is 12.7 Å². The number of hydrogen-bond acceptors (Lipinski definition) is 5. The van der Waals surface area contributed by atoms with Gasteiger partial charge >= 0.3 is 6.01 Å². The van der Waals surface area contributed by atoms with Crippen molar-refractivity contribution in [3.63, 3.8) is 0 Å². The fourth-order valence-electron chi connectivity index (χ4n) is 1.41. The molecule has 0 atom stereocenters. The van der Waals surface area contributed by atoms with E-state index in [9.17, 15) is 0 Å². The van der Waals surface area contributed by atoms with Crippen LogP contribution in [-0.2, 0) is 6.54 Å². The number of aryl methyl sites for hydroxylation is 1.